The Hall–Kier alpha value is -2.08. The maximum atomic E-state index is 12.8. The summed E-state index contributed by atoms with van der Waals surface area (Å²) in [5, 5.41) is 18.9. The van der Waals surface area contributed by atoms with Crippen molar-refractivity contribution in [3.63, 3.8) is 0 Å². The molecule has 1 amide bonds. The van der Waals surface area contributed by atoms with Crippen LogP contribution in [-0.4, -0.2) is 45.7 Å². The molecule has 2 atom stereocenters. The van der Waals surface area contributed by atoms with Gasteiger partial charge in [0.15, 0.2) is 0 Å². The molecule has 0 spiro atoms. The molecular formula is C15H18N2O4. The molecule has 3 rings (SSSR count). The molecule has 0 radical (unpaired) electrons. The number of carbonyl (C=O) groups is 2. The molecule has 112 valence electrons. The molecule has 1 heterocycles. The van der Waals surface area contributed by atoms with E-state index in [4.69, 9.17) is 5.73 Å². The number of carboxylic acids is 1. The number of likely N-dealkylation sites (tertiary alicyclic amines) is 1. The summed E-state index contributed by atoms with van der Waals surface area (Å²) < 4.78 is 0. The largest absolute Gasteiger partial charge is 0.480 e. The molecule has 1 unspecified atom stereocenters. The van der Waals surface area contributed by atoms with Crippen molar-refractivity contribution in [3.8, 4) is 0 Å². The Morgan fingerprint density at radius 2 is 1.86 bits per heavy atom. The fourth-order valence-corrected chi connectivity index (χ4v) is 3.10. The van der Waals surface area contributed by atoms with Crippen molar-refractivity contribution in [1.29, 1.82) is 0 Å². The predicted molar refractivity (Wildman–Crippen MR) is 75.5 cm³/mol. The first-order chi connectivity index (χ1) is 9.94. The molecule has 4 N–H and O–H groups in total. The van der Waals surface area contributed by atoms with Gasteiger partial charge in [-0.1, -0.05) is 12.1 Å². The smallest absolute Gasteiger partial charge is 0.326 e. The van der Waals surface area contributed by atoms with Crippen LogP contribution in [0.3, 0.4) is 0 Å². The van der Waals surface area contributed by atoms with Crippen molar-refractivity contribution in [3.05, 3.63) is 29.8 Å². The van der Waals surface area contributed by atoms with Crippen molar-refractivity contribution in [2.24, 2.45) is 0 Å². The summed E-state index contributed by atoms with van der Waals surface area (Å²) in [6.45, 7) is 0.0898. The van der Waals surface area contributed by atoms with E-state index < -0.39 is 23.5 Å². The second-order valence-electron chi connectivity index (χ2n) is 5.91. The Kier molecular flexibility index (Phi) is 3.13. The summed E-state index contributed by atoms with van der Waals surface area (Å²) in [5.74, 6) is -1.26. The molecule has 0 aromatic heterocycles. The van der Waals surface area contributed by atoms with Crippen LogP contribution in [0.25, 0.3) is 0 Å². The van der Waals surface area contributed by atoms with E-state index in [0.717, 1.165) is 5.56 Å². The van der Waals surface area contributed by atoms with Crippen molar-refractivity contribution in [1.82, 2.24) is 4.90 Å². The van der Waals surface area contributed by atoms with E-state index in [2.05, 4.69) is 0 Å². The van der Waals surface area contributed by atoms with Gasteiger partial charge in [-0.2, -0.15) is 0 Å². The Balaban J connectivity index is 1.87. The van der Waals surface area contributed by atoms with E-state index in [-0.39, 0.29) is 18.9 Å². The van der Waals surface area contributed by atoms with Crippen molar-refractivity contribution < 1.29 is 19.8 Å². The number of hydrogen-bond donors (Lipinski definition) is 3. The molecule has 6 heteroatoms. The Bertz CT molecular complexity index is 580. The zero-order valence-corrected chi connectivity index (χ0v) is 11.5. The van der Waals surface area contributed by atoms with Crippen molar-refractivity contribution >= 4 is 17.6 Å². The minimum absolute atomic E-state index is 0.0898. The number of carbonyl (C=O) groups excluding carboxylic acids is 1. The van der Waals surface area contributed by atoms with Crippen LogP contribution in [0.4, 0.5) is 5.69 Å². The lowest BCUT2D eigenvalue weighted by Gasteiger charge is -2.26. The summed E-state index contributed by atoms with van der Waals surface area (Å²) in [6.07, 6.45) is 0.736. The highest BCUT2D eigenvalue weighted by molar-refractivity contribution is 5.94. The lowest BCUT2D eigenvalue weighted by molar-refractivity contribution is -0.149. The second kappa shape index (κ2) is 4.73. The maximum Gasteiger partial charge on any atom is 0.326 e. The van der Waals surface area contributed by atoms with Gasteiger partial charge in [-0.3, -0.25) is 4.79 Å². The van der Waals surface area contributed by atoms with E-state index in [1.54, 1.807) is 12.1 Å². The Labute approximate surface area is 122 Å². The van der Waals surface area contributed by atoms with Crippen LogP contribution < -0.4 is 5.73 Å². The molecule has 2 aliphatic rings. The first kappa shape index (κ1) is 13.9. The first-order valence-corrected chi connectivity index (χ1v) is 7.02. The average molecular weight is 290 g/mol. The van der Waals surface area contributed by atoms with Gasteiger partial charge < -0.3 is 20.8 Å². The minimum atomic E-state index is -1.06. The Morgan fingerprint density at radius 3 is 2.38 bits per heavy atom. The number of aliphatic hydroxyl groups is 1. The van der Waals surface area contributed by atoms with Gasteiger partial charge in [0, 0.05) is 18.7 Å². The van der Waals surface area contributed by atoms with Gasteiger partial charge in [-0.05, 0) is 30.5 Å². The number of β-amino-alcohol motifs (C(OH)–C–C–N with tert-alkyl or cyclic N) is 1. The summed E-state index contributed by atoms with van der Waals surface area (Å²) in [7, 11) is 0. The van der Waals surface area contributed by atoms with E-state index in [9.17, 15) is 19.8 Å². The Morgan fingerprint density at radius 1 is 1.24 bits per heavy atom. The molecule has 0 bridgehead atoms. The molecule has 6 nitrogen and oxygen atoms in total. The number of nitrogen functional groups attached to an aromatic ring is 1. The molecule has 1 saturated carbocycles. The summed E-state index contributed by atoms with van der Waals surface area (Å²) >= 11 is 0. The highest BCUT2D eigenvalue weighted by Gasteiger charge is 2.55. The summed E-state index contributed by atoms with van der Waals surface area (Å²) in [5.41, 5.74) is 6.52. The van der Waals surface area contributed by atoms with E-state index in [1.807, 2.05) is 12.1 Å². The van der Waals surface area contributed by atoms with Crippen LogP contribution in [0.1, 0.15) is 24.8 Å². The number of nitrogens with two attached hydrogens (primary N) is 1. The number of aliphatic hydroxyl groups excluding tert-OH is 1. The standard InChI is InChI=1S/C15H18N2O4/c16-10-3-1-9(2-4-10)15(5-6-15)14(21)17-8-11(18)7-12(17)13(19)20/h1-4,11-12,18H,5-8,16H2,(H,19,20)/t11?,12-/m0/s1. The van der Waals surface area contributed by atoms with Gasteiger partial charge in [-0.25, -0.2) is 4.79 Å². The fraction of sp³-hybridized carbons (Fsp3) is 0.467. The number of amides is 1. The van der Waals surface area contributed by atoms with Gasteiger partial charge in [0.2, 0.25) is 5.91 Å². The van der Waals surface area contributed by atoms with Crippen LogP contribution in [0, 0.1) is 0 Å². The highest BCUT2D eigenvalue weighted by Crippen LogP contribution is 2.50. The molecule has 2 fully saturated rings. The summed E-state index contributed by atoms with van der Waals surface area (Å²) in [4.78, 5) is 25.4. The molecule has 1 aliphatic carbocycles. The zero-order valence-electron chi connectivity index (χ0n) is 11.5. The van der Waals surface area contributed by atoms with Crippen LogP contribution in [0.5, 0.6) is 0 Å². The zero-order chi connectivity index (χ0) is 15.2. The number of hydrogen-bond acceptors (Lipinski definition) is 4. The van der Waals surface area contributed by atoms with Gasteiger partial charge in [0.1, 0.15) is 6.04 Å². The number of benzene rings is 1. The monoisotopic (exact) mass is 290 g/mol. The van der Waals surface area contributed by atoms with Crippen LogP contribution in [-0.2, 0) is 15.0 Å². The lowest BCUT2D eigenvalue weighted by atomic mass is 9.93. The molecule has 1 aromatic rings. The van der Waals surface area contributed by atoms with Crippen LogP contribution >= 0.6 is 0 Å². The van der Waals surface area contributed by atoms with E-state index in [0.29, 0.717) is 18.5 Å². The second-order valence-corrected chi connectivity index (χ2v) is 5.91. The maximum absolute atomic E-state index is 12.8. The number of anilines is 1. The normalized spacial score (nSPS) is 26.6. The third-order valence-corrected chi connectivity index (χ3v) is 4.45. The third kappa shape index (κ3) is 2.25. The van der Waals surface area contributed by atoms with Gasteiger partial charge in [-0.15, -0.1) is 0 Å². The van der Waals surface area contributed by atoms with Crippen molar-refractivity contribution in [2.45, 2.75) is 36.8 Å². The van der Waals surface area contributed by atoms with Gasteiger partial charge >= 0.3 is 5.97 Å². The third-order valence-electron chi connectivity index (χ3n) is 4.45. The number of rotatable bonds is 3. The summed E-state index contributed by atoms with van der Waals surface area (Å²) in [6, 6.07) is 6.20. The molecular weight excluding hydrogens is 272 g/mol. The van der Waals surface area contributed by atoms with Crippen LogP contribution in [0.2, 0.25) is 0 Å². The van der Waals surface area contributed by atoms with Gasteiger partial charge in [0.05, 0.1) is 11.5 Å². The SMILES string of the molecule is Nc1ccc(C2(C(=O)N3CC(O)C[C@H]3C(=O)O)CC2)cc1. The minimum Gasteiger partial charge on any atom is -0.480 e. The van der Waals surface area contributed by atoms with E-state index in [1.165, 1.54) is 4.90 Å². The van der Waals surface area contributed by atoms with Crippen molar-refractivity contribution in [2.75, 3.05) is 12.3 Å². The predicted octanol–water partition coefficient (Wildman–Crippen LogP) is 0.347. The van der Waals surface area contributed by atoms with Gasteiger partial charge in [0.25, 0.3) is 0 Å². The quantitative estimate of drug-likeness (QED) is 0.697. The fourth-order valence-electron chi connectivity index (χ4n) is 3.10. The van der Waals surface area contributed by atoms with Crippen LogP contribution in [0.15, 0.2) is 24.3 Å². The average Bonchev–Trinajstić information content (AvgIpc) is 3.15. The molecule has 1 aromatic carbocycles. The first-order valence-electron chi connectivity index (χ1n) is 7.02. The number of carboxylic acid groups (broad SMARTS) is 1. The molecule has 1 saturated heterocycles. The number of nitrogens with zero attached hydrogens (tertiary/aromatic N) is 1. The molecule has 21 heavy (non-hydrogen) atoms. The van der Waals surface area contributed by atoms with E-state index >= 15 is 0 Å². The highest BCUT2D eigenvalue weighted by atomic mass is 16.4. The molecule has 1 aliphatic heterocycles. The number of aliphatic carboxylic acids is 1. The topological polar surface area (TPSA) is 104 Å². The lowest BCUT2D eigenvalue weighted by Crippen LogP contribution is -2.45.